The fraction of sp³-hybridized carbons (Fsp3) is 0.607. The van der Waals surface area contributed by atoms with Gasteiger partial charge in [0.25, 0.3) is 0 Å². The normalized spacial score (nSPS) is 10.6. The molecule has 0 saturated heterocycles. The van der Waals surface area contributed by atoms with Crippen molar-refractivity contribution in [3.05, 3.63) is 47.2 Å². The van der Waals surface area contributed by atoms with Crippen molar-refractivity contribution in [2.45, 2.75) is 111 Å². The number of carbonyl (C=O) groups excluding carboxylic acids is 1. The number of ether oxygens (including phenoxy) is 1. The number of esters is 1. The summed E-state index contributed by atoms with van der Waals surface area (Å²) in [5.41, 5.74) is 0.335. The molecule has 0 amide bonds. The van der Waals surface area contributed by atoms with Gasteiger partial charge in [-0.1, -0.05) is 84.1 Å². The molecule has 1 aromatic rings. The quantitative estimate of drug-likeness (QED) is 0.134. The summed E-state index contributed by atoms with van der Waals surface area (Å²) in [7, 11) is 0. The molecular formula is C28H44O6. The molecule has 0 atom stereocenters. The van der Waals surface area contributed by atoms with Gasteiger partial charge >= 0.3 is 17.9 Å². The summed E-state index contributed by atoms with van der Waals surface area (Å²) in [5.74, 6) is -2.30. The first-order valence-electron chi connectivity index (χ1n) is 12.8. The Balaban J connectivity index is 0.000000712. The lowest BCUT2D eigenvalue weighted by molar-refractivity contribution is -0.138. The van der Waals surface area contributed by atoms with E-state index in [9.17, 15) is 14.4 Å². The molecule has 0 aliphatic heterocycles. The second-order valence-electron chi connectivity index (χ2n) is 8.52. The fourth-order valence-electron chi connectivity index (χ4n) is 3.44. The number of rotatable bonds is 17. The monoisotopic (exact) mass is 476 g/mol. The summed E-state index contributed by atoms with van der Waals surface area (Å²) >= 11 is 0. The van der Waals surface area contributed by atoms with Crippen LogP contribution < -0.4 is 0 Å². The Morgan fingerprint density at radius 3 is 1.74 bits per heavy atom. The number of carboxylic acid groups (broad SMARTS) is 2. The SMILES string of the molecule is CCCCCCCCCC=COC(=O)CCCCCCC.Cc1c(C(=O)O)cccc1C(=O)O. The topological polar surface area (TPSA) is 101 Å². The minimum atomic E-state index is -1.11. The van der Waals surface area contributed by atoms with E-state index in [1.54, 1.807) is 6.26 Å². The van der Waals surface area contributed by atoms with Gasteiger partial charge in [-0.15, -0.1) is 0 Å². The van der Waals surface area contributed by atoms with Gasteiger partial charge in [-0.3, -0.25) is 4.79 Å². The Bertz CT molecular complexity index is 706. The smallest absolute Gasteiger partial charge is 0.335 e. The van der Waals surface area contributed by atoms with E-state index >= 15 is 0 Å². The van der Waals surface area contributed by atoms with Crippen LogP contribution in [0.25, 0.3) is 0 Å². The van der Waals surface area contributed by atoms with E-state index in [2.05, 4.69) is 13.8 Å². The summed E-state index contributed by atoms with van der Waals surface area (Å²) in [6, 6.07) is 4.17. The maximum atomic E-state index is 11.4. The molecule has 0 heterocycles. The number of carboxylic acids is 2. The molecule has 192 valence electrons. The predicted octanol–water partition coefficient (Wildman–Crippen LogP) is 7.94. The maximum absolute atomic E-state index is 11.4. The summed E-state index contributed by atoms with van der Waals surface area (Å²) in [5, 5.41) is 17.4. The van der Waals surface area contributed by atoms with Crippen LogP contribution in [-0.2, 0) is 9.53 Å². The van der Waals surface area contributed by atoms with Gasteiger partial charge < -0.3 is 14.9 Å². The molecule has 6 heteroatoms. The van der Waals surface area contributed by atoms with Crippen LogP contribution >= 0.6 is 0 Å². The molecule has 0 fully saturated rings. The molecule has 34 heavy (non-hydrogen) atoms. The van der Waals surface area contributed by atoms with Gasteiger partial charge in [-0.2, -0.15) is 0 Å². The van der Waals surface area contributed by atoms with Crippen molar-refractivity contribution in [3.63, 3.8) is 0 Å². The summed E-state index contributed by atoms with van der Waals surface area (Å²) in [6.07, 6.45) is 20.3. The predicted molar refractivity (Wildman–Crippen MR) is 136 cm³/mol. The van der Waals surface area contributed by atoms with Crippen molar-refractivity contribution >= 4 is 17.9 Å². The van der Waals surface area contributed by atoms with Crippen molar-refractivity contribution in [2.24, 2.45) is 0 Å². The van der Waals surface area contributed by atoms with Gasteiger partial charge in [0, 0.05) is 6.42 Å². The number of hydrogen-bond donors (Lipinski definition) is 2. The largest absolute Gasteiger partial charge is 0.478 e. The molecule has 0 saturated carbocycles. The molecule has 0 aliphatic carbocycles. The lowest BCUT2D eigenvalue weighted by Crippen LogP contribution is -2.06. The maximum Gasteiger partial charge on any atom is 0.335 e. The minimum Gasteiger partial charge on any atom is -0.478 e. The van der Waals surface area contributed by atoms with Crippen molar-refractivity contribution in [1.29, 1.82) is 0 Å². The summed E-state index contributed by atoms with van der Waals surface area (Å²) < 4.78 is 5.09. The molecular weight excluding hydrogens is 432 g/mol. The number of unbranched alkanes of at least 4 members (excludes halogenated alkanes) is 11. The van der Waals surface area contributed by atoms with Crippen molar-refractivity contribution in [1.82, 2.24) is 0 Å². The number of aromatic carboxylic acids is 2. The van der Waals surface area contributed by atoms with Gasteiger partial charge in [0.1, 0.15) is 0 Å². The first kappa shape index (κ1) is 31.4. The zero-order chi connectivity index (χ0) is 25.6. The highest BCUT2D eigenvalue weighted by Gasteiger charge is 2.13. The fourth-order valence-corrected chi connectivity index (χ4v) is 3.44. The molecule has 0 bridgehead atoms. The Labute approximate surface area is 205 Å². The highest BCUT2D eigenvalue weighted by molar-refractivity contribution is 5.96. The summed E-state index contributed by atoms with van der Waals surface area (Å²) in [4.78, 5) is 32.6. The Morgan fingerprint density at radius 1 is 0.765 bits per heavy atom. The van der Waals surface area contributed by atoms with Gasteiger partial charge in [-0.05, 0) is 50.0 Å². The van der Waals surface area contributed by atoms with Gasteiger partial charge in [0.15, 0.2) is 0 Å². The number of hydrogen-bond acceptors (Lipinski definition) is 4. The lowest BCUT2D eigenvalue weighted by atomic mass is 10.0. The summed E-state index contributed by atoms with van der Waals surface area (Å²) in [6.45, 7) is 5.93. The van der Waals surface area contributed by atoms with Gasteiger partial charge in [0.05, 0.1) is 17.4 Å². The molecule has 2 N–H and O–H groups in total. The Kier molecular flexibility index (Phi) is 19.3. The highest BCUT2D eigenvalue weighted by Crippen LogP contribution is 2.13. The zero-order valence-corrected chi connectivity index (χ0v) is 21.3. The molecule has 0 radical (unpaired) electrons. The van der Waals surface area contributed by atoms with Crippen LogP contribution in [0.2, 0.25) is 0 Å². The standard InChI is InChI=1S/C19H36O2.C9H8O4/c1-3-5-7-9-10-11-12-14-16-18-21-19(20)17-15-13-8-6-4-2;1-5-6(8(10)11)3-2-4-7(5)9(12)13/h16,18H,3-15,17H2,1-2H3;2-4H,1H3,(H,10,11)(H,12,13). The highest BCUT2D eigenvalue weighted by atomic mass is 16.5. The average Bonchev–Trinajstić information content (AvgIpc) is 2.80. The second kappa shape index (κ2) is 20.9. The lowest BCUT2D eigenvalue weighted by Gasteiger charge is -2.03. The molecule has 1 aromatic carbocycles. The van der Waals surface area contributed by atoms with E-state index < -0.39 is 11.9 Å². The van der Waals surface area contributed by atoms with Crippen molar-refractivity contribution in [2.75, 3.05) is 0 Å². The van der Waals surface area contributed by atoms with E-state index in [1.807, 2.05) is 6.08 Å². The van der Waals surface area contributed by atoms with Crippen LogP contribution in [0.15, 0.2) is 30.5 Å². The molecule has 1 rings (SSSR count). The van der Waals surface area contributed by atoms with Crippen LogP contribution in [0.3, 0.4) is 0 Å². The Hall–Kier alpha value is -2.63. The van der Waals surface area contributed by atoms with Crippen LogP contribution in [0.4, 0.5) is 0 Å². The van der Waals surface area contributed by atoms with Crippen molar-refractivity contribution < 1.29 is 29.3 Å². The first-order valence-corrected chi connectivity index (χ1v) is 12.8. The minimum absolute atomic E-state index is 0.0277. The molecule has 0 aliphatic rings. The molecule has 0 unspecified atom stereocenters. The molecule has 6 nitrogen and oxygen atoms in total. The number of carbonyl (C=O) groups is 3. The molecule has 0 aromatic heterocycles. The third kappa shape index (κ3) is 16.1. The second-order valence-corrected chi connectivity index (χ2v) is 8.52. The number of benzene rings is 1. The first-order chi connectivity index (χ1) is 16.3. The van der Waals surface area contributed by atoms with Crippen LogP contribution in [0.1, 0.15) is 130 Å². The van der Waals surface area contributed by atoms with Crippen LogP contribution in [0.5, 0.6) is 0 Å². The molecule has 0 spiro atoms. The van der Waals surface area contributed by atoms with Gasteiger partial charge in [-0.25, -0.2) is 9.59 Å². The van der Waals surface area contributed by atoms with Crippen LogP contribution in [-0.4, -0.2) is 28.1 Å². The Morgan fingerprint density at radius 2 is 1.24 bits per heavy atom. The van der Waals surface area contributed by atoms with Gasteiger partial charge in [0.2, 0.25) is 0 Å². The van der Waals surface area contributed by atoms with E-state index in [-0.39, 0.29) is 22.7 Å². The van der Waals surface area contributed by atoms with E-state index in [4.69, 9.17) is 14.9 Å². The third-order valence-electron chi connectivity index (χ3n) is 5.55. The average molecular weight is 477 g/mol. The zero-order valence-electron chi connectivity index (χ0n) is 21.3. The van der Waals surface area contributed by atoms with Crippen LogP contribution in [0, 0.1) is 6.92 Å². The third-order valence-corrected chi connectivity index (χ3v) is 5.55. The van der Waals surface area contributed by atoms with E-state index in [0.29, 0.717) is 6.42 Å². The van der Waals surface area contributed by atoms with Crippen molar-refractivity contribution in [3.8, 4) is 0 Å². The van der Waals surface area contributed by atoms with E-state index in [0.717, 1.165) is 19.3 Å². The van der Waals surface area contributed by atoms with E-state index in [1.165, 1.54) is 89.3 Å². The number of allylic oxidation sites excluding steroid dienone is 1.